The van der Waals surface area contributed by atoms with Gasteiger partial charge in [0, 0.05) is 0 Å². The van der Waals surface area contributed by atoms with Gasteiger partial charge in [-0.2, -0.15) is 0 Å². The van der Waals surface area contributed by atoms with E-state index in [1.165, 1.54) is 0 Å². The number of hydrogen-bond acceptors (Lipinski definition) is 4. The van der Waals surface area contributed by atoms with Crippen molar-refractivity contribution in [3.05, 3.63) is 0 Å². The van der Waals surface area contributed by atoms with Gasteiger partial charge in [0.1, 0.15) is 0 Å². The van der Waals surface area contributed by atoms with E-state index in [-0.39, 0.29) is 6.10 Å². The van der Waals surface area contributed by atoms with Gasteiger partial charge in [0.05, 0.1) is 6.10 Å². The van der Waals surface area contributed by atoms with Crippen LogP contribution in [-0.4, -0.2) is 27.6 Å². The van der Waals surface area contributed by atoms with Crippen molar-refractivity contribution in [3.8, 4) is 0 Å². The van der Waals surface area contributed by atoms with Crippen molar-refractivity contribution < 1.29 is 20.1 Å². The summed E-state index contributed by atoms with van der Waals surface area (Å²) in [4.78, 5) is 0. The smallest absolute Gasteiger partial charge is 0.319 e. The van der Waals surface area contributed by atoms with Crippen LogP contribution in [0, 0.1) is 0 Å². The molecule has 0 heterocycles. The van der Waals surface area contributed by atoms with Gasteiger partial charge in [-0.3, -0.25) is 0 Å². The zero-order valence-electron chi connectivity index (χ0n) is 6.24. The molecule has 0 saturated heterocycles. The summed E-state index contributed by atoms with van der Waals surface area (Å²) < 4.78 is 4.34. The summed E-state index contributed by atoms with van der Waals surface area (Å²) in [6.45, 7) is 3.59. The van der Waals surface area contributed by atoms with Gasteiger partial charge in [-0.15, -0.1) is 0 Å². The van der Waals surface area contributed by atoms with Gasteiger partial charge in [0.15, 0.2) is 0 Å². The minimum absolute atomic E-state index is 0.343. The minimum Gasteiger partial charge on any atom is -0.319 e. The summed E-state index contributed by atoms with van der Waals surface area (Å²) in [6, 6.07) is 0. The fourth-order valence-corrected chi connectivity index (χ4v) is 0.735. The van der Waals surface area contributed by atoms with Crippen molar-refractivity contribution in [1.29, 1.82) is 0 Å². The van der Waals surface area contributed by atoms with Gasteiger partial charge >= 0.3 is 6.16 Å². The molecule has 4 nitrogen and oxygen atoms in total. The Morgan fingerprint density at radius 2 is 1.90 bits per heavy atom. The maximum Gasteiger partial charge on any atom is 0.405 e. The summed E-state index contributed by atoms with van der Waals surface area (Å²) in [5, 5.41) is 24.9. The Morgan fingerprint density at radius 1 is 1.40 bits per heavy atom. The molecule has 1 unspecified atom stereocenters. The fraction of sp³-hybridized carbons (Fsp3) is 1.00. The lowest BCUT2D eigenvalue weighted by Crippen LogP contribution is -2.34. The third-order valence-corrected chi connectivity index (χ3v) is 1.05. The first-order valence-electron chi connectivity index (χ1n) is 3.30. The summed E-state index contributed by atoms with van der Waals surface area (Å²) in [5.41, 5.74) is 0. The highest BCUT2D eigenvalue weighted by Gasteiger charge is 2.22. The molecule has 0 spiro atoms. The molecular formula is C6H14O4. The molecule has 0 saturated carbocycles. The lowest BCUT2D eigenvalue weighted by Gasteiger charge is -2.19. The first-order chi connectivity index (χ1) is 4.45. The summed E-state index contributed by atoms with van der Waals surface area (Å²) in [5.74, 6) is 0. The molecule has 0 aromatic carbocycles. The molecule has 10 heavy (non-hydrogen) atoms. The third kappa shape index (κ3) is 5.97. The zero-order valence-corrected chi connectivity index (χ0v) is 6.24. The Bertz CT molecular complexity index is 86.2. The molecule has 0 aromatic heterocycles. The predicted molar refractivity (Wildman–Crippen MR) is 34.8 cm³/mol. The van der Waals surface area contributed by atoms with Crippen LogP contribution in [0.3, 0.4) is 0 Å². The molecule has 62 valence electrons. The van der Waals surface area contributed by atoms with E-state index in [2.05, 4.69) is 4.74 Å². The highest BCUT2D eigenvalue weighted by atomic mass is 16.9. The number of aliphatic hydroxyl groups is 3. The molecule has 0 amide bonds. The normalized spacial score (nSPS) is 15.3. The second kappa shape index (κ2) is 3.88. The van der Waals surface area contributed by atoms with E-state index in [1.54, 1.807) is 6.92 Å². The Labute approximate surface area is 60.1 Å². The summed E-state index contributed by atoms with van der Waals surface area (Å²) >= 11 is 0. The Kier molecular flexibility index (Phi) is 3.81. The van der Waals surface area contributed by atoms with Crippen LogP contribution in [0.15, 0.2) is 0 Å². The monoisotopic (exact) mass is 150 g/mol. The molecule has 0 aliphatic carbocycles. The molecule has 0 aliphatic rings. The molecule has 0 aromatic rings. The summed E-state index contributed by atoms with van der Waals surface area (Å²) in [7, 11) is 0. The van der Waals surface area contributed by atoms with E-state index < -0.39 is 6.16 Å². The van der Waals surface area contributed by atoms with Gasteiger partial charge in [-0.1, -0.05) is 13.3 Å². The topological polar surface area (TPSA) is 69.9 Å². The standard InChI is InChI=1S/C6H14O4/c1-3-4-5(2)10-6(7,8)9/h5,7-9H,3-4H2,1-2H3. The van der Waals surface area contributed by atoms with Crippen LogP contribution in [0.25, 0.3) is 0 Å². The van der Waals surface area contributed by atoms with Crippen LogP contribution < -0.4 is 0 Å². The second-order valence-electron chi connectivity index (χ2n) is 2.29. The van der Waals surface area contributed by atoms with Crippen LogP contribution in [0.4, 0.5) is 0 Å². The highest BCUT2D eigenvalue weighted by Crippen LogP contribution is 2.06. The molecule has 1 atom stereocenters. The van der Waals surface area contributed by atoms with Gasteiger partial charge < -0.3 is 20.1 Å². The largest absolute Gasteiger partial charge is 0.405 e. The van der Waals surface area contributed by atoms with Crippen molar-refractivity contribution in [2.45, 2.75) is 39.0 Å². The molecular weight excluding hydrogens is 136 g/mol. The first kappa shape index (κ1) is 9.84. The first-order valence-corrected chi connectivity index (χ1v) is 3.30. The van der Waals surface area contributed by atoms with Crippen molar-refractivity contribution in [3.63, 3.8) is 0 Å². The number of rotatable bonds is 4. The highest BCUT2D eigenvalue weighted by molar-refractivity contribution is 4.47. The molecule has 0 radical (unpaired) electrons. The fourth-order valence-electron chi connectivity index (χ4n) is 0.735. The number of ether oxygens (including phenoxy) is 1. The Hall–Kier alpha value is -0.160. The van der Waals surface area contributed by atoms with E-state index in [1.807, 2.05) is 6.92 Å². The average molecular weight is 150 g/mol. The SMILES string of the molecule is CCCC(C)OC(O)(O)O. The Morgan fingerprint density at radius 3 is 2.20 bits per heavy atom. The van der Waals surface area contributed by atoms with Crippen LogP contribution >= 0.6 is 0 Å². The van der Waals surface area contributed by atoms with E-state index in [0.29, 0.717) is 6.42 Å². The van der Waals surface area contributed by atoms with E-state index in [9.17, 15) is 0 Å². The van der Waals surface area contributed by atoms with Gasteiger partial charge in [-0.05, 0) is 13.3 Å². The predicted octanol–water partition coefficient (Wildman–Crippen LogP) is -0.220. The maximum absolute atomic E-state index is 8.30. The minimum atomic E-state index is -2.98. The third-order valence-electron chi connectivity index (χ3n) is 1.05. The Balaban J connectivity index is 3.47. The van der Waals surface area contributed by atoms with E-state index in [0.717, 1.165) is 6.42 Å². The van der Waals surface area contributed by atoms with Crippen molar-refractivity contribution in [2.24, 2.45) is 0 Å². The van der Waals surface area contributed by atoms with Gasteiger partial charge in [0.25, 0.3) is 0 Å². The number of hydrogen-bond donors (Lipinski definition) is 3. The molecule has 0 aliphatic heterocycles. The molecule has 0 fully saturated rings. The van der Waals surface area contributed by atoms with Crippen LogP contribution in [-0.2, 0) is 4.74 Å². The van der Waals surface area contributed by atoms with Crippen LogP contribution in [0.5, 0.6) is 0 Å². The lowest BCUT2D eigenvalue weighted by atomic mass is 10.2. The van der Waals surface area contributed by atoms with Crippen LogP contribution in [0.2, 0.25) is 0 Å². The molecule has 0 rings (SSSR count). The van der Waals surface area contributed by atoms with Gasteiger partial charge in [-0.25, -0.2) is 0 Å². The zero-order chi connectivity index (χ0) is 8.20. The molecule has 0 bridgehead atoms. The van der Waals surface area contributed by atoms with Gasteiger partial charge in [0.2, 0.25) is 0 Å². The van der Waals surface area contributed by atoms with E-state index >= 15 is 0 Å². The average Bonchev–Trinajstić information content (AvgIpc) is 1.59. The lowest BCUT2D eigenvalue weighted by molar-refractivity contribution is -0.464. The van der Waals surface area contributed by atoms with Crippen molar-refractivity contribution in [1.82, 2.24) is 0 Å². The maximum atomic E-state index is 8.30. The van der Waals surface area contributed by atoms with E-state index in [4.69, 9.17) is 15.3 Å². The van der Waals surface area contributed by atoms with Crippen molar-refractivity contribution >= 4 is 0 Å². The quantitative estimate of drug-likeness (QED) is 0.484. The molecule has 4 heteroatoms. The van der Waals surface area contributed by atoms with Crippen molar-refractivity contribution in [2.75, 3.05) is 0 Å². The molecule has 3 N–H and O–H groups in total. The summed E-state index contributed by atoms with van der Waals surface area (Å²) in [6.07, 6.45) is -1.76. The van der Waals surface area contributed by atoms with Crippen LogP contribution in [0.1, 0.15) is 26.7 Å². The second-order valence-corrected chi connectivity index (χ2v) is 2.29.